The molecule has 2 aromatic carbocycles. The highest BCUT2D eigenvalue weighted by Gasteiger charge is 2.40. The molecule has 0 unspecified atom stereocenters. The van der Waals surface area contributed by atoms with Crippen LogP contribution in [0.2, 0.25) is 0 Å². The predicted molar refractivity (Wildman–Crippen MR) is 83.8 cm³/mol. The van der Waals surface area contributed by atoms with Crippen LogP contribution in [0.15, 0.2) is 47.4 Å². The molecule has 1 atom stereocenters. The molecule has 0 saturated carbocycles. The summed E-state index contributed by atoms with van der Waals surface area (Å²) in [5.74, 6) is -3.16. The summed E-state index contributed by atoms with van der Waals surface area (Å²) in [6.07, 6.45) is -1.26. The first-order valence-electron chi connectivity index (χ1n) is 7.16. The molecular weight excluding hydrogens is 356 g/mol. The Morgan fingerprint density at radius 2 is 1.80 bits per heavy atom. The molecule has 0 N–H and O–H groups in total. The van der Waals surface area contributed by atoms with E-state index < -0.39 is 45.2 Å². The molecular formula is C16H13F2NO5S. The summed E-state index contributed by atoms with van der Waals surface area (Å²) in [4.78, 5) is 10.7. The molecule has 132 valence electrons. The third kappa shape index (κ3) is 2.91. The molecule has 0 fully saturated rings. The molecule has 1 heterocycles. The summed E-state index contributed by atoms with van der Waals surface area (Å²) in [6.45, 7) is -0.472. The van der Waals surface area contributed by atoms with E-state index in [9.17, 15) is 22.0 Å². The molecule has 25 heavy (non-hydrogen) atoms. The number of anilines is 1. The van der Waals surface area contributed by atoms with Crippen LogP contribution in [0.1, 0.15) is 0 Å². The lowest BCUT2D eigenvalue weighted by molar-refractivity contribution is -0.148. The van der Waals surface area contributed by atoms with Crippen molar-refractivity contribution in [2.24, 2.45) is 0 Å². The number of halogens is 2. The maximum absolute atomic E-state index is 14.0. The van der Waals surface area contributed by atoms with Crippen molar-refractivity contribution < 1.29 is 31.5 Å². The summed E-state index contributed by atoms with van der Waals surface area (Å²) in [6, 6.07) is 8.74. The van der Waals surface area contributed by atoms with Gasteiger partial charge in [-0.2, -0.15) is 0 Å². The van der Waals surface area contributed by atoms with Gasteiger partial charge in [0.1, 0.15) is 17.4 Å². The van der Waals surface area contributed by atoms with E-state index in [0.717, 1.165) is 29.6 Å². The number of para-hydroxylation sites is 2. The lowest BCUT2D eigenvalue weighted by Crippen LogP contribution is -2.47. The van der Waals surface area contributed by atoms with Crippen LogP contribution in [0.25, 0.3) is 0 Å². The van der Waals surface area contributed by atoms with Gasteiger partial charge in [-0.05, 0) is 24.3 Å². The number of esters is 1. The largest absolute Gasteiger partial charge is 0.475 e. The third-order valence-electron chi connectivity index (χ3n) is 3.67. The number of sulfonamides is 1. The number of fused-ring (bicyclic) bond motifs is 1. The zero-order valence-electron chi connectivity index (χ0n) is 13.0. The number of nitrogens with zero attached hydrogens (tertiary/aromatic N) is 1. The lowest BCUT2D eigenvalue weighted by atomic mass is 10.2. The summed E-state index contributed by atoms with van der Waals surface area (Å²) >= 11 is 0. The highest BCUT2D eigenvalue weighted by molar-refractivity contribution is 7.92. The van der Waals surface area contributed by atoms with Crippen LogP contribution in [0.4, 0.5) is 14.5 Å². The molecule has 9 heteroatoms. The fraction of sp³-hybridized carbons (Fsp3) is 0.188. The molecule has 0 radical (unpaired) electrons. The molecule has 1 aliphatic heterocycles. The molecule has 0 spiro atoms. The SMILES string of the molecule is COC(=O)[C@@H]1CN(S(=O)(=O)c2c(F)cccc2F)c2ccccc2O1. The van der Waals surface area contributed by atoms with Gasteiger partial charge in [-0.3, -0.25) is 4.31 Å². The zero-order chi connectivity index (χ0) is 18.2. The van der Waals surface area contributed by atoms with E-state index in [1.165, 1.54) is 12.1 Å². The number of hydrogen-bond acceptors (Lipinski definition) is 5. The fourth-order valence-electron chi connectivity index (χ4n) is 2.52. The van der Waals surface area contributed by atoms with Crippen LogP contribution in [0.3, 0.4) is 0 Å². The highest BCUT2D eigenvalue weighted by Crippen LogP contribution is 2.37. The molecule has 3 rings (SSSR count). The van der Waals surface area contributed by atoms with E-state index in [0.29, 0.717) is 0 Å². The van der Waals surface area contributed by atoms with Crippen molar-refractivity contribution in [3.05, 3.63) is 54.1 Å². The minimum atomic E-state index is -4.62. The third-order valence-corrected chi connectivity index (χ3v) is 5.50. The standard InChI is InChI=1S/C16H13F2NO5S/c1-23-16(20)14-9-19(12-7-2-3-8-13(12)24-14)25(21,22)15-10(17)5-4-6-11(15)18/h2-8,14H,9H2,1H3/t14-/m0/s1. The number of ether oxygens (including phenoxy) is 2. The van der Waals surface area contributed by atoms with Crippen LogP contribution in [0.5, 0.6) is 5.75 Å². The Morgan fingerprint density at radius 1 is 1.16 bits per heavy atom. The van der Waals surface area contributed by atoms with E-state index in [-0.39, 0.29) is 11.4 Å². The minimum absolute atomic E-state index is 0.0744. The maximum Gasteiger partial charge on any atom is 0.348 e. The number of methoxy groups -OCH3 is 1. The minimum Gasteiger partial charge on any atom is -0.475 e. The smallest absolute Gasteiger partial charge is 0.348 e. The van der Waals surface area contributed by atoms with E-state index in [1.54, 1.807) is 12.1 Å². The molecule has 0 saturated heterocycles. The van der Waals surface area contributed by atoms with Gasteiger partial charge in [0.05, 0.1) is 19.3 Å². The first kappa shape index (κ1) is 17.2. The first-order valence-corrected chi connectivity index (χ1v) is 8.60. The Kier molecular flexibility index (Phi) is 4.34. The number of carbonyl (C=O) groups is 1. The Bertz CT molecular complexity index is 912. The first-order chi connectivity index (χ1) is 11.9. The van der Waals surface area contributed by atoms with Gasteiger partial charge in [0.2, 0.25) is 6.10 Å². The summed E-state index contributed by atoms with van der Waals surface area (Å²) in [7, 11) is -3.49. The number of hydrogen-bond donors (Lipinski definition) is 0. The van der Waals surface area contributed by atoms with Crippen LogP contribution in [0, 0.1) is 11.6 Å². The summed E-state index contributed by atoms with van der Waals surface area (Å²) < 4.78 is 64.6. The highest BCUT2D eigenvalue weighted by atomic mass is 32.2. The van der Waals surface area contributed by atoms with E-state index in [4.69, 9.17) is 4.74 Å². The Labute approximate surface area is 142 Å². The van der Waals surface area contributed by atoms with Gasteiger partial charge in [0, 0.05) is 0 Å². The van der Waals surface area contributed by atoms with Crippen molar-refractivity contribution in [1.82, 2.24) is 0 Å². The van der Waals surface area contributed by atoms with Crippen molar-refractivity contribution in [2.75, 3.05) is 18.0 Å². The second-order valence-electron chi connectivity index (χ2n) is 5.18. The average Bonchev–Trinajstić information content (AvgIpc) is 2.59. The van der Waals surface area contributed by atoms with Crippen LogP contribution in [-0.4, -0.2) is 34.1 Å². The van der Waals surface area contributed by atoms with Gasteiger partial charge in [0.25, 0.3) is 10.0 Å². The van der Waals surface area contributed by atoms with E-state index >= 15 is 0 Å². The molecule has 2 aromatic rings. The number of benzene rings is 2. The van der Waals surface area contributed by atoms with Gasteiger partial charge >= 0.3 is 5.97 Å². The molecule has 0 aliphatic carbocycles. The fourth-order valence-corrected chi connectivity index (χ4v) is 4.11. The molecule has 0 amide bonds. The van der Waals surface area contributed by atoms with Crippen molar-refractivity contribution >= 4 is 21.7 Å². The molecule has 6 nitrogen and oxygen atoms in total. The van der Waals surface area contributed by atoms with Gasteiger partial charge in [-0.25, -0.2) is 22.0 Å². The van der Waals surface area contributed by atoms with Gasteiger partial charge in [-0.15, -0.1) is 0 Å². The van der Waals surface area contributed by atoms with Gasteiger partial charge in [0.15, 0.2) is 4.90 Å². The topological polar surface area (TPSA) is 72.9 Å². The van der Waals surface area contributed by atoms with Crippen molar-refractivity contribution in [1.29, 1.82) is 0 Å². The van der Waals surface area contributed by atoms with Crippen LogP contribution >= 0.6 is 0 Å². The van der Waals surface area contributed by atoms with Crippen molar-refractivity contribution in [3.8, 4) is 5.75 Å². The van der Waals surface area contributed by atoms with E-state index in [1.807, 2.05) is 0 Å². The summed E-state index contributed by atoms with van der Waals surface area (Å²) in [5.41, 5.74) is 0.0744. The Balaban J connectivity index is 2.16. The maximum atomic E-state index is 14.0. The lowest BCUT2D eigenvalue weighted by Gasteiger charge is -2.34. The number of carbonyl (C=O) groups excluding carboxylic acids is 1. The van der Waals surface area contributed by atoms with E-state index in [2.05, 4.69) is 4.74 Å². The molecule has 0 aromatic heterocycles. The zero-order valence-corrected chi connectivity index (χ0v) is 13.8. The van der Waals surface area contributed by atoms with Crippen molar-refractivity contribution in [2.45, 2.75) is 11.0 Å². The Morgan fingerprint density at radius 3 is 2.44 bits per heavy atom. The second kappa shape index (κ2) is 6.32. The average molecular weight is 369 g/mol. The molecule has 1 aliphatic rings. The quantitative estimate of drug-likeness (QED) is 0.775. The van der Waals surface area contributed by atoms with Crippen molar-refractivity contribution in [3.63, 3.8) is 0 Å². The monoisotopic (exact) mass is 369 g/mol. The summed E-state index contributed by atoms with van der Waals surface area (Å²) in [5, 5.41) is 0. The second-order valence-corrected chi connectivity index (χ2v) is 6.98. The number of rotatable bonds is 3. The molecule has 0 bridgehead atoms. The van der Waals surface area contributed by atoms with Gasteiger partial charge < -0.3 is 9.47 Å². The van der Waals surface area contributed by atoms with Gasteiger partial charge in [-0.1, -0.05) is 18.2 Å². The normalized spacial score (nSPS) is 16.8. The van der Waals surface area contributed by atoms with Crippen LogP contribution in [-0.2, 0) is 19.6 Å². The predicted octanol–water partition coefficient (Wildman–Crippen LogP) is 2.09. The Hall–Kier alpha value is -2.68. The van der Waals surface area contributed by atoms with Crippen LogP contribution < -0.4 is 9.04 Å².